The van der Waals surface area contributed by atoms with Crippen LogP contribution >= 0.6 is 12.6 Å². The molecule has 0 aliphatic carbocycles. The van der Waals surface area contributed by atoms with Crippen molar-refractivity contribution in [2.24, 2.45) is 11.7 Å². The molecule has 0 saturated carbocycles. The monoisotopic (exact) mass is 406 g/mol. The highest BCUT2D eigenvalue weighted by Crippen LogP contribution is 2.05. The van der Waals surface area contributed by atoms with Crippen LogP contribution in [0.3, 0.4) is 0 Å². The molecule has 27 heavy (non-hydrogen) atoms. The zero-order valence-corrected chi connectivity index (χ0v) is 16.8. The predicted molar refractivity (Wildman–Crippen MR) is 102 cm³/mol. The summed E-state index contributed by atoms with van der Waals surface area (Å²) in [5.41, 5.74) is 5.52. The summed E-state index contributed by atoms with van der Waals surface area (Å²) in [4.78, 5) is 47.5. The number of thiol groups is 1. The highest BCUT2D eigenvalue weighted by Gasteiger charge is 2.30. The number of amides is 3. The fourth-order valence-corrected chi connectivity index (χ4v) is 2.27. The van der Waals surface area contributed by atoms with Crippen molar-refractivity contribution in [3.8, 4) is 0 Å². The molecule has 0 fully saturated rings. The number of aliphatic carboxylic acids is 1. The van der Waals surface area contributed by atoms with E-state index in [1.54, 1.807) is 0 Å². The number of nitrogens with two attached hydrogens (primary N) is 1. The number of hydrogen-bond donors (Lipinski definition) is 7. The summed E-state index contributed by atoms with van der Waals surface area (Å²) in [6, 6.07) is -4.46. The number of carbonyl (C=O) groups is 4. The number of aliphatic hydroxyl groups excluding tert-OH is 1. The summed E-state index contributed by atoms with van der Waals surface area (Å²) in [6.07, 6.45) is -1.01. The molecule has 10 nitrogen and oxygen atoms in total. The van der Waals surface area contributed by atoms with Crippen LogP contribution in [0.5, 0.6) is 0 Å². The Morgan fingerprint density at radius 1 is 0.963 bits per heavy atom. The van der Waals surface area contributed by atoms with Gasteiger partial charge in [-0.1, -0.05) is 13.8 Å². The van der Waals surface area contributed by atoms with Gasteiger partial charge >= 0.3 is 5.97 Å². The largest absolute Gasteiger partial charge is 0.480 e. The number of carboxylic acid groups (broad SMARTS) is 1. The van der Waals surface area contributed by atoms with E-state index in [0.29, 0.717) is 0 Å². The Labute approximate surface area is 164 Å². The van der Waals surface area contributed by atoms with Gasteiger partial charge in [0.2, 0.25) is 17.7 Å². The fourth-order valence-electron chi connectivity index (χ4n) is 2.11. The molecule has 5 atom stereocenters. The summed E-state index contributed by atoms with van der Waals surface area (Å²) < 4.78 is 0. The average Bonchev–Trinajstić information content (AvgIpc) is 2.56. The summed E-state index contributed by atoms with van der Waals surface area (Å²) in [6.45, 7) is 6.30. The lowest BCUT2D eigenvalue weighted by Gasteiger charge is -2.25. The van der Waals surface area contributed by atoms with E-state index < -0.39 is 54.0 Å². The maximum absolute atomic E-state index is 12.3. The molecule has 7 N–H and O–H groups in total. The molecule has 156 valence electrons. The number of aliphatic hydroxyl groups is 1. The van der Waals surface area contributed by atoms with E-state index in [9.17, 15) is 24.3 Å². The first-order valence-corrected chi connectivity index (χ1v) is 9.22. The number of nitrogens with one attached hydrogen (secondary N) is 3. The van der Waals surface area contributed by atoms with Gasteiger partial charge in [-0.15, -0.1) is 0 Å². The predicted octanol–water partition coefficient (Wildman–Crippen LogP) is -1.77. The van der Waals surface area contributed by atoms with Gasteiger partial charge in [-0.05, 0) is 26.2 Å². The van der Waals surface area contributed by atoms with Crippen molar-refractivity contribution >= 4 is 36.3 Å². The second-order valence-corrected chi connectivity index (χ2v) is 7.14. The van der Waals surface area contributed by atoms with E-state index in [2.05, 4.69) is 28.6 Å². The molecule has 3 amide bonds. The average molecular weight is 407 g/mol. The quantitative estimate of drug-likeness (QED) is 0.199. The third kappa shape index (κ3) is 9.07. The third-order valence-electron chi connectivity index (χ3n) is 3.67. The zero-order valence-electron chi connectivity index (χ0n) is 15.9. The molecule has 0 aliphatic rings. The van der Waals surface area contributed by atoms with Crippen LogP contribution in [0, 0.1) is 5.92 Å². The molecule has 0 aromatic rings. The molecule has 0 aliphatic heterocycles. The molecule has 0 radical (unpaired) electrons. The van der Waals surface area contributed by atoms with Crippen LogP contribution in [0.15, 0.2) is 0 Å². The number of rotatable bonds is 11. The van der Waals surface area contributed by atoms with Gasteiger partial charge in [-0.3, -0.25) is 14.4 Å². The molecule has 0 saturated heterocycles. The summed E-state index contributed by atoms with van der Waals surface area (Å²) in [5.74, 6) is -3.26. The lowest BCUT2D eigenvalue weighted by atomic mass is 10.0. The third-order valence-corrected chi connectivity index (χ3v) is 4.06. The number of carboxylic acids is 1. The van der Waals surface area contributed by atoms with Crippen LogP contribution < -0.4 is 21.7 Å². The van der Waals surface area contributed by atoms with Crippen molar-refractivity contribution in [3.05, 3.63) is 0 Å². The highest BCUT2D eigenvalue weighted by molar-refractivity contribution is 7.80. The van der Waals surface area contributed by atoms with Crippen molar-refractivity contribution in [2.75, 3.05) is 5.75 Å². The van der Waals surface area contributed by atoms with Gasteiger partial charge < -0.3 is 31.9 Å². The Morgan fingerprint density at radius 3 is 1.93 bits per heavy atom. The first-order valence-electron chi connectivity index (χ1n) is 8.59. The lowest BCUT2D eigenvalue weighted by molar-refractivity contribution is -0.142. The Balaban J connectivity index is 4.93. The Morgan fingerprint density at radius 2 is 1.52 bits per heavy atom. The number of carbonyl (C=O) groups excluding carboxylic acids is 3. The smallest absolute Gasteiger partial charge is 0.326 e. The minimum absolute atomic E-state index is 0.0437. The molecule has 0 heterocycles. The maximum atomic E-state index is 12.3. The van der Waals surface area contributed by atoms with Gasteiger partial charge in [0.05, 0.1) is 12.1 Å². The number of hydrogen-bond acceptors (Lipinski definition) is 7. The van der Waals surface area contributed by atoms with E-state index in [4.69, 9.17) is 10.8 Å². The molecule has 0 bridgehead atoms. The van der Waals surface area contributed by atoms with Crippen LogP contribution in [0.1, 0.15) is 34.1 Å². The van der Waals surface area contributed by atoms with Gasteiger partial charge in [0.1, 0.15) is 18.1 Å². The van der Waals surface area contributed by atoms with Crippen molar-refractivity contribution in [3.63, 3.8) is 0 Å². The minimum atomic E-state index is -1.33. The molecular weight excluding hydrogens is 376 g/mol. The fraction of sp³-hybridized carbons (Fsp3) is 0.750. The molecule has 5 unspecified atom stereocenters. The molecule has 0 rings (SSSR count). The minimum Gasteiger partial charge on any atom is -0.480 e. The van der Waals surface area contributed by atoms with Gasteiger partial charge in [0.15, 0.2) is 0 Å². The molecule has 0 aromatic carbocycles. The first kappa shape index (κ1) is 25.1. The highest BCUT2D eigenvalue weighted by atomic mass is 32.1. The Kier molecular flexibility index (Phi) is 11.0. The van der Waals surface area contributed by atoms with Gasteiger partial charge in [0, 0.05) is 5.75 Å². The summed E-state index contributed by atoms with van der Waals surface area (Å²) in [5, 5.41) is 25.9. The molecule has 11 heteroatoms. The van der Waals surface area contributed by atoms with Crippen molar-refractivity contribution in [1.82, 2.24) is 16.0 Å². The Hall–Kier alpha value is -1.85. The second kappa shape index (κ2) is 11.8. The van der Waals surface area contributed by atoms with Crippen LogP contribution in [0.2, 0.25) is 0 Å². The first-order chi connectivity index (χ1) is 12.4. The normalized spacial score (nSPS) is 16.6. The maximum Gasteiger partial charge on any atom is 0.326 e. The van der Waals surface area contributed by atoms with Gasteiger partial charge in [-0.2, -0.15) is 12.6 Å². The van der Waals surface area contributed by atoms with Crippen molar-refractivity contribution < 1.29 is 29.4 Å². The molecule has 0 aromatic heterocycles. The zero-order chi connectivity index (χ0) is 21.3. The molecular formula is C16H30N4O6S. The van der Waals surface area contributed by atoms with Crippen LogP contribution in [-0.4, -0.2) is 69.9 Å². The van der Waals surface area contributed by atoms with E-state index in [1.807, 2.05) is 13.8 Å². The lowest BCUT2D eigenvalue weighted by Crippen LogP contribution is -2.59. The van der Waals surface area contributed by atoms with E-state index in [-0.39, 0.29) is 18.1 Å². The van der Waals surface area contributed by atoms with Gasteiger partial charge in [0.25, 0.3) is 0 Å². The topological polar surface area (TPSA) is 171 Å². The van der Waals surface area contributed by atoms with Crippen molar-refractivity contribution in [2.45, 2.75) is 64.4 Å². The van der Waals surface area contributed by atoms with E-state index >= 15 is 0 Å². The SMILES string of the molecule is CC(C)CC(NC(=O)C(C)NC(=O)C(NC(=O)C(N)CS)C(C)O)C(=O)O. The van der Waals surface area contributed by atoms with Gasteiger partial charge in [-0.25, -0.2) is 4.79 Å². The summed E-state index contributed by atoms with van der Waals surface area (Å²) in [7, 11) is 0. The second-order valence-electron chi connectivity index (χ2n) is 6.78. The van der Waals surface area contributed by atoms with Crippen molar-refractivity contribution in [1.29, 1.82) is 0 Å². The standard InChI is InChI=1S/C16H30N4O6S/c1-7(2)5-11(16(25)26)19-13(22)8(3)18-15(24)12(9(4)21)20-14(23)10(17)6-27/h7-12,21,27H,5-6,17H2,1-4H3,(H,18,24)(H,19,22)(H,20,23)(H,25,26). The Bertz CT molecular complexity index is 543. The van der Waals surface area contributed by atoms with E-state index in [0.717, 1.165) is 0 Å². The van der Waals surface area contributed by atoms with Crippen LogP contribution in [0.4, 0.5) is 0 Å². The van der Waals surface area contributed by atoms with Crippen LogP contribution in [0.25, 0.3) is 0 Å². The molecule has 0 spiro atoms. The summed E-state index contributed by atoms with van der Waals surface area (Å²) >= 11 is 3.89. The van der Waals surface area contributed by atoms with Crippen LogP contribution in [-0.2, 0) is 19.2 Å². The van der Waals surface area contributed by atoms with E-state index in [1.165, 1.54) is 13.8 Å².